The Morgan fingerprint density at radius 1 is 1.02 bits per heavy atom. The van der Waals surface area contributed by atoms with Crippen LogP contribution in [0.15, 0.2) is 36.4 Å². The fourth-order valence-electron chi connectivity index (χ4n) is 6.13. The number of hydrogen-bond donors (Lipinski definition) is 3. The summed E-state index contributed by atoms with van der Waals surface area (Å²) in [7, 11) is 1.90. The summed E-state index contributed by atoms with van der Waals surface area (Å²) in [6, 6.07) is 7.82. The Morgan fingerprint density at radius 3 is 2.32 bits per heavy atom. The topological polar surface area (TPSA) is 144 Å². The third-order valence-corrected chi connectivity index (χ3v) is 10.5. The fraction of sp³-hybridized carbons (Fsp3) is 0.559. The highest BCUT2D eigenvalue weighted by Gasteiger charge is 2.50. The number of amides is 1. The van der Waals surface area contributed by atoms with E-state index in [0.29, 0.717) is 17.4 Å². The van der Waals surface area contributed by atoms with Crippen molar-refractivity contribution in [3.63, 3.8) is 0 Å². The van der Waals surface area contributed by atoms with Crippen LogP contribution in [0.25, 0.3) is 0 Å². The summed E-state index contributed by atoms with van der Waals surface area (Å²) in [5, 5.41) is 25.5. The largest absolute Gasteiger partial charge is 0.456 e. The number of hydrogen-bond acceptors (Lipinski definition) is 11. The molecule has 1 amide bonds. The summed E-state index contributed by atoms with van der Waals surface area (Å²) in [5.41, 5.74) is -0.918. The monoisotopic (exact) mass is 794 g/mol. The van der Waals surface area contributed by atoms with Crippen LogP contribution in [-0.2, 0) is 23.9 Å². The lowest BCUT2D eigenvalue weighted by molar-refractivity contribution is -0.219. The van der Waals surface area contributed by atoms with Gasteiger partial charge >= 0.3 is 11.9 Å². The molecule has 7 unspecified atom stereocenters. The highest BCUT2D eigenvalue weighted by atomic mass is 35.5. The number of thioether (sulfide) groups is 1. The van der Waals surface area contributed by atoms with Crippen LogP contribution < -0.4 is 14.8 Å². The molecule has 2 aliphatic heterocycles. The van der Waals surface area contributed by atoms with Crippen LogP contribution in [0.1, 0.15) is 46.0 Å². The molecule has 2 aliphatic rings. The molecule has 16 heteroatoms. The maximum atomic E-state index is 13.3. The Kier molecular flexibility index (Phi) is 15.2. The van der Waals surface area contributed by atoms with Crippen LogP contribution in [0.4, 0.5) is 0 Å². The molecule has 2 heterocycles. The van der Waals surface area contributed by atoms with Gasteiger partial charge in [0.05, 0.1) is 35.3 Å². The van der Waals surface area contributed by atoms with Crippen LogP contribution in [0.2, 0.25) is 15.1 Å². The normalized spacial score (nSPS) is 26.6. The van der Waals surface area contributed by atoms with E-state index in [1.54, 1.807) is 25.3 Å². The number of carbonyl (C=O) groups is 3. The zero-order valence-electron chi connectivity index (χ0n) is 28.0. The third kappa shape index (κ3) is 10.5. The number of esters is 2. The third-order valence-electron chi connectivity index (χ3n) is 8.65. The van der Waals surface area contributed by atoms with Gasteiger partial charge in [0.15, 0.2) is 17.6 Å². The van der Waals surface area contributed by atoms with Gasteiger partial charge in [-0.25, -0.2) is 0 Å². The number of nitrogens with one attached hydrogen (secondary N) is 1. The van der Waals surface area contributed by atoms with Crippen LogP contribution in [0.5, 0.6) is 17.2 Å². The second kappa shape index (κ2) is 18.7. The number of nitrogens with zero attached hydrogens (tertiary/aromatic N) is 1. The molecule has 4 rings (SSSR count). The molecule has 0 aliphatic carbocycles. The van der Waals surface area contributed by atoms with Gasteiger partial charge in [0.1, 0.15) is 29.5 Å². The molecule has 0 saturated carbocycles. The molecule has 2 saturated heterocycles. The van der Waals surface area contributed by atoms with Crippen LogP contribution >= 0.6 is 58.2 Å². The molecule has 3 N–H and O–H groups in total. The minimum absolute atomic E-state index is 0.00915. The molecular formula is C34H42Cl4N2O9S. The molecule has 2 fully saturated rings. The molecule has 50 heavy (non-hydrogen) atoms. The summed E-state index contributed by atoms with van der Waals surface area (Å²) in [4.78, 5) is 41.0. The zero-order valence-corrected chi connectivity index (χ0v) is 31.9. The van der Waals surface area contributed by atoms with Gasteiger partial charge in [0.25, 0.3) is 0 Å². The molecule has 2 aromatic carbocycles. The van der Waals surface area contributed by atoms with Gasteiger partial charge in [-0.1, -0.05) is 48.1 Å². The van der Waals surface area contributed by atoms with Crippen molar-refractivity contribution < 1.29 is 43.5 Å². The van der Waals surface area contributed by atoms with E-state index in [0.717, 1.165) is 31.1 Å². The number of carbonyl (C=O) groups excluding carboxylic acids is 3. The number of aliphatic hydroxyl groups excluding tert-OH is 2. The standard InChI is InChI=1S/C34H42Cl4N2O9S/c1-5-6-18-13-22(40(3)16-18)33(45)39-28(17(2)35)31-29(43)30(44)32(34(49-31)50-4)48-27(42)12-11-26(41)47-25-15-20(37)8-10-24(25)46-23-9-7-19(36)14-21(23)38/h7-10,14-15,17-18,22,28-32,34,43-44H,5-6,11-13,16H2,1-4H3,(H,39,45)/t17?,18-,22+,28?,29?,30?,31?,32?,34?/m1/s1. The van der Waals surface area contributed by atoms with Crippen molar-refractivity contribution in [3.05, 3.63) is 51.5 Å². The molecule has 0 bridgehead atoms. The van der Waals surface area contributed by atoms with Gasteiger partial charge in [-0.05, 0) is 69.3 Å². The first kappa shape index (κ1) is 40.8. The number of halogens is 4. The zero-order chi connectivity index (χ0) is 36.7. The number of alkyl halides is 1. The van der Waals surface area contributed by atoms with Crippen LogP contribution in [0, 0.1) is 5.92 Å². The Hall–Kier alpha value is -2.00. The minimum Gasteiger partial charge on any atom is -0.456 e. The summed E-state index contributed by atoms with van der Waals surface area (Å²) >= 11 is 25.9. The molecular weight excluding hydrogens is 754 g/mol. The average Bonchev–Trinajstić information content (AvgIpc) is 3.43. The first-order valence-corrected chi connectivity index (χ1v) is 19.1. The number of likely N-dealkylation sites (N-methyl/N-ethyl adjacent to an activating group) is 1. The number of likely N-dealkylation sites (tertiary alicyclic amines) is 1. The van der Waals surface area contributed by atoms with E-state index in [4.69, 9.17) is 65.4 Å². The maximum absolute atomic E-state index is 13.3. The molecule has 276 valence electrons. The van der Waals surface area contributed by atoms with Crippen molar-refractivity contribution in [1.82, 2.24) is 10.2 Å². The van der Waals surface area contributed by atoms with Gasteiger partial charge in [0.2, 0.25) is 5.91 Å². The smallest absolute Gasteiger partial charge is 0.311 e. The van der Waals surface area contributed by atoms with E-state index in [-0.39, 0.29) is 39.2 Å². The number of benzene rings is 2. The Morgan fingerprint density at radius 2 is 1.68 bits per heavy atom. The number of rotatable bonds is 14. The minimum atomic E-state index is -1.58. The van der Waals surface area contributed by atoms with Crippen molar-refractivity contribution in [3.8, 4) is 17.2 Å². The van der Waals surface area contributed by atoms with Crippen LogP contribution in [-0.4, -0.2) is 100 Å². The molecule has 9 atom stereocenters. The summed E-state index contributed by atoms with van der Waals surface area (Å²) in [6.07, 6.45) is -1.87. The van der Waals surface area contributed by atoms with Crippen molar-refractivity contribution in [2.45, 2.75) is 93.3 Å². The van der Waals surface area contributed by atoms with Crippen molar-refractivity contribution in [2.75, 3.05) is 19.8 Å². The van der Waals surface area contributed by atoms with Gasteiger partial charge in [-0.2, -0.15) is 0 Å². The van der Waals surface area contributed by atoms with E-state index in [2.05, 4.69) is 12.2 Å². The summed E-state index contributed by atoms with van der Waals surface area (Å²) in [6.45, 7) is 4.59. The summed E-state index contributed by atoms with van der Waals surface area (Å²) in [5.74, 6) is -1.06. The number of ether oxygens (including phenoxy) is 4. The summed E-state index contributed by atoms with van der Waals surface area (Å²) < 4.78 is 22.9. The van der Waals surface area contributed by atoms with E-state index < -0.39 is 66.1 Å². The Bertz CT molecular complexity index is 1500. The lowest BCUT2D eigenvalue weighted by Gasteiger charge is -2.45. The fourth-order valence-corrected chi connectivity index (χ4v) is 7.67. The molecule has 11 nitrogen and oxygen atoms in total. The molecule has 0 spiro atoms. The molecule has 2 aromatic rings. The second-order valence-electron chi connectivity index (χ2n) is 12.4. The molecule has 0 radical (unpaired) electrons. The van der Waals surface area contributed by atoms with Crippen molar-refractivity contribution >= 4 is 76.0 Å². The second-order valence-corrected chi connectivity index (χ2v) is 15.3. The number of aliphatic hydroxyl groups is 2. The first-order chi connectivity index (χ1) is 23.7. The van der Waals surface area contributed by atoms with Crippen molar-refractivity contribution in [1.29, 1.82) is 0 Å². The SMILES string of the molecule is CCC[C@@H]1C[C@@H](C(=O)NC(C(C)Cl)C2OC(SC)C(OC(=O)CCC(=O)Oc3cc(Cl)ccc3Oc3ccc(Cl)cc3Cl)C(O)C2O)N(C)C1. The Balaban J connectivity index is 1.35. The van der Waals surface area contributed by atoms with Crippen molar-refractivity contribution in [2.24, 2.45) is 5.92 Å². The van der Waals surface area contributed by atoms with Gasteiger partial charge in [-0.15, -0.1) is 23.4 Å². The maximum Gasteiger partial charge on any atom is 0.311 e. The highest BCUT2D eigenvalue weighted by molar-refractivity contribution is 7.99. The lowest BCUT2D eigenvalue weighted by Crippen LogP contribution is -2.65. The lowest BCUT2D eigenvalue weighted by atomic mass is 9.92. The predicted molar refractivity (Wildman–Crippen MR) is 194 cm³/mol. The van der Waals surface area contributed by atoms with E-state index >= 15 is 0 Å². The van der Waals surface area contributed by atoms with Crippen LogP contribution in [0.3, 0.4) is 0 Å². The van der Waals surface area contributed by atoms with Gasteiger partial charge in [0, 0.05) is 22.7 Å². The predicted octanol–water partition coefficient (Wildman–Crippen LogP) is 6.08. The highest BCUT2D eigenvalue weighted by Crippen LogP contribution is 2.38. The van der Waals surface area contributed by atoms with Gasteiger partial charge in [-0.3, -0.25) is 19.3 Å². The first-order valence-electron chi connectivity index (χ1n) is 16.2. The quantitative estimate of drug-likeness (QED) is 0.116. The van der Waals surface area contributed by atoms with E-state index in [9.17, 15) is 24.6 Å². The molecule has 0 aromatic heterocycles. The van der Waals surface area contributed by atoms with E-state index in [1.165, 1.54) is 24.3 Å². The van der Waals surface area contributed by atoms with Gasteiger partial charge < -0.3 is 34.5 Å². The van der Waals surface area contributed by atoms with E-state index in [1.807, 2.05) is 11.9 Å². The average molecular weight is 797 g/mol. The Labute approximate surface area is 316 Å².